The van der Waals surface area contributed by atoms with Crippen LogP contribution in [0.4, 0.5) is 149 Å². The average Bonchev–Trinajstić information content (AvgIpc) is 0.679. The molecule has 0 fully saturated rings. The highest BCUT2D eigenvalue weighted by Gasteiger charge is 2.97. The van der Waals surface area contributed by atoms with Crippen LogP contribution < -0.4 is 0 Å². The van der Waals surface area contributed by atoms with Crippen LogP contribution in [0.1, 0.15) is 102 Å². The van der Waals surface area contributed by atoms with Crippen molar-refractivity contribution in [1.29, 1.82) is 0 Å². The van der Waals surface area contributed by atoms with E-state index in [4.69, 9.17) is 0 Å². The summed E-state index contributed by atoms with van der Waals surface area (Å²) < 4.78 is 490. The molecule has 0 unspecified atom stereocenters. The molecular formula is C62H56F34Si2. The lowest BCUT2D eigenvalue weighted by Crippen LogP contribution is -2.74. The van der Waals surface area contributed by atoms with E-state index in [1.54, 1.807) is 52.0 Å². The van der Waals surface area contributed by atoms with Crippen molar-refractivity contribution in [3.63, 3.8) is 0 Å². The highest BCUT2D eigenvalue weighted by Crippen LogP contribution is 2.67. The normalized spacial score (nSPS) is 15.2. The van der Waals surface area contributed by atoms with Crippen molar-refractivity contribution in [2.24, 2.45) is 0 Å². The van der Waals surface area contributed by atoms with Gasteiger partial charge in [-0.05, 0) is 152 Å². The minimum atomic E-state index is -8.88. The first-order valence-corrected chi connectivity index (χ1v) is 33.5. The first-order chi connectivity index (χ1) is 43.4. The summed E-state index contributed by atoms with van der Waals surface area (Å²) in [6.45, 7) is 16.2. The lowest BCUT2D eigenvalue weighted by atomic mass is 9.88. The molecule has 0 atom stereocenters. The van der Waals surface area contributed by atoms with Gasteiger partial charge in [0.1, 0.15) is 16.1 Å². The van der Waals surface area contributed by atoms with Gasteiger partial charge in [0.25, 0.3) is 0 Å². The van der Waals surface area contributed by atoms with Gasteiger partial charge < -0.3 is 0 Å². The van der Waals surface area contributed by atoms with Crippen molar-refractivity contribution in [2.45, 2.75) is 225 Å². The minimum absolute atomic E-state index is 0.0534. The second-order valence-corrected chi connectivity index (χ2v) is 35.9. The molecule has 0 aromatic heterocycles. The van der Waals surface area contributed by atoms with Crippen molar-refractivity contribution in [1.82, 2.24) is 0 Å². The fourth-order valence-electron chi connectivity index (χ4n) is 11.5. The molecule has 0 aliphatic heterocycles. The maximum atomic E-state index is 15.9. The summed E-state index contributed by atoms with van der Waals surface area (Å²) in [4.78, 5) is 0. The molecule has 0 spiro atoms. The Morgan fingerprint density at radius 1 is 0.265 bits per heavy atom. The van der Waals surface area contributed by atoms with E-state index in [0.717, 1.165) is 0 Å². The van der Waals surface area contributed by atoms with Crippen LogP contribution in [-0.4, -0.2) is 111 Å². The average molecular weight is 1500 g/mol. The van der Waals surface area contributed by atoms with Gasteiger partial charge in [-0.2, -0.15) is 149 Å². The van der Waals surface area contributed by atoms with Crippen LogP contribution >= 0.6 is 0 Å². The molecule has 36 heteroatoms. The quantitative estimate of drug-likeness (QED) is 0.0280. The van der Waals surface area contributed by atoms with E-state index < -0.39 is 159 Å². The van der Waals surface area contributed by atoms with E-state index in [1.807, 2.05) is 0 Å². The molecule has 0 aliphatic rings. The molecule has 0 saturated carbocycles. The van der Waals surface area contributed by atoms with Crippen LogP contribution in [0.2, 0.25) is 34.3 Å². The summed E-state index contributed by atoms with van der Waals surface area (Å²) in [6.07, 6.45) is -21.6. The molecule has 5 rings (SSSR count). The molecule has 0 saturated heterocycles. The number of benzene rings is 5. The third kappa shape index (κ3) is 12.3. The van der Waals surface area contributed by atoms with Crippen molar-refractivity contribution < 1.29 is 149 Å². The van der Waals surface area contributed by atoms with Crippen molar-refractivity contribution in [3.05, 3.63) is 81.9 Å². The van der Waals surface area contributed by atoms with E-state index in [2.05, 4.69) is 22.9 Å². The van der Waals surface area contributed by atoms with E-state index in [0.29, 0.717) is 43.8 Å². The topological polar surface area (TPSA) is 0 Å². The number of alkyl halides is 34. The first-order valence-electron chi connectivity index (χ1n) is 28.7. The number of aryl methyl sites for hydroxylation is 4. The zero-order valence-electron chi connectivity index (χ0n) is 52.6. The molecule has 5 aromatic rings. The van der Waals surface area contributed by atoms with Crippen LogP contribution in [0.5, 0.6) is 0 Å². The lowest BCUT2D eigenvalue weighted by molar-refractivity contribution is -0.461. The fraction of sp³-hybridized carbons (Fsp3) is 0.581. The smallest absolute Gasteiger partial charge is 0.200 e. The summed E-state index contributed by atoms with van der Waals surface area (Å²) in [6, 6.07) is 8.94. The van der Waals surface area contributed by atoms with Gasteiger partial charge >= 0.3 is 95.3 Å². The Morgan fingerprint density at radius 3 is 0.612 bits per heavy atom. The Morgan fingerprint density at radius 2 is 0.439 bits per heavy atom. The Kier molecular flexibility index (Phi) is 21.2. The molecular weight excluding hydrogens is 1450 g/mol. The van der Waals surface area contributed by atoms with Crippen LogP contribution in [0.3, 0.4) is 0 Å². The summed E-state index contributed by atoms with van der Waals surface area (Å²) in [7, 11) is -8.98. The lowest BCUT2D eigenvalue weighted by Gasteiger charge is -2.43. The number of hydrogen-bond acceptors (Lipinski definition) is 0. The predicted octanol–water partition coefficient (Wildman–Crippen LogP) is 24.7. The van der Waals surface area contributed by atoms with Gasteiger partial charge in [0, 0.05) is 24.0 Å². The minimum Gasteiger partial charge on any atom is -0.200 e. The van der Waals surface area contributed by atoms with E-state index in [9.17, 15) is 96.6 Å². The second-order valence-electron chi connectivity index (χ2n) is 25.6. The summed E-state index contributed by atoms with van der Waals surface area (Å²) in [5.41, 5.74) is 2.89. The molecule has 0 radical (unpaired) electrons. The van der Waals surface area contributed by atoms with Gasteiger partial charge in [0.05, 0.1) is 0 Å². The summed E-state index contributed by atoms with van der Waals surface area (Å²) in [5, 5.41) is 1.08. The van der Waals surface area contributed by atoms with Gasteiger partial charge in [-0.3, -0.25) is 0 Å². The summed E-state index contributed by atoms with van der Waals surface area (Å²) in [5.74, 6) is -111. The number of fused-ring (bicyclic) bond motifs is 4. The zero-order chi connectivity index (χ0) is 76.7. The molecule has 0 heterocycles. The van der Waals surface area contributed by atoms with Gasteiger partial charge in [-0.15, -0.1) is 11.1 Å². The number of hydrogen-bond donors (Lipinski definition) is 0. The highest BCUT2D eigenvalue weighted by atomic mass is 28.3. The molecule has 0 nitrogen and oxygen atoms in total. The third-order valence-electron chi connectivity index (χ3n) is 18.5. The Hall–Kier alpha value is -5.69. The molecule has 98 heavy (non-hydrogen) atoms. The van der Waals surface area contributed by atoms with Gasteiger partial charge in [0.2, 0.25) is 0 Å². The van der Waals surface area contributed by atoms with Gasteiger partial charge in [-0.1, -0.05) is 91.5 Å². The van der Waals surface area contributed by atoms with Crippen LogP contribution in [0, 0.1) is 50.6 Å². The molecule has 0 amide bonds. The maximum absolute atomic E-state index is 15.9. The molecule has 0 aliphatic carbocycles. The summed E-state index contributed by atoms with van der Waals surface area (Å²) >= 11 is 0. The van der Waals surface area contributed by atoms with Crippen LogP contribution in [-0.2, 0) is 0 Å². The predicted molar refractivity (Wildman–Crippen MR) is 301 cm³/mol. The number of rotatable bonds is 22. The molecule has 5 aromatic carbocycles. The van der Waals surface area contributed by atoms with Crippen molar-refractivity contribution in [2.75, 3.05) is 0 Å². The van der Waals surface area contributed by atoms with Crippen LogP contribution in [0.15, 0.2) is 48.5 Å². The number of halogens is 34. The standard InChI is InChI=1S/C62H56F34Si2/c1-29(2)97(30(3)4,19-15-47(63,64)49(67,68)51(71,72)53(75,76)55(79,80)57(83,84)59(87,88)61(91,92)93)17-13-41-43-25-37-21-33(9)35(11)23-39(37)27-45(43)42(46-28-40-24-36(12)34(10)22-38(40)26-44(41)46)14-18-98(31(5)6,32(7)8)20-16-48(65,66)50(69,70)52(73,74)54(77,78)56(81,82)58(85,86)60(89,90)62(94,95)96/h21-32H,15-16,19-20H2,1-12H3. The largest absolute Gasteiger partial charge is 0.460 e. The molecule has 550 valence electrons. The van der Waals surface area contributed by atoms with E-state index in [-0.39, 0.29) is 32.7 Å². The monoisotopic (exact) mass is 1500 g/mol. The second kappa shape index (κ2) is 25.1. The maximum Gasteiger partial charge on any atom is 0.460 e. The van der Waals surface area contributed by atoms with Gasteiger partial charge in [-0.25, -0.2) is 0 Å². The van der Waals surface area contributed by atoms with Crippen molar-refractivity contribution >= 4 is 59.2 Å². The molecule has 0 N–H and O–H groups in total. The van der Waals surface area contributed by atoms with E-state index in [1.165, 1.54) is 79.7 Å². The van der Waals surface area contributed by atoms with Crippen molar-refractivity contribution in [3.8, 4) is 22.9 Å². The fourth-order valence-corrected chi connectivity index (χ4v) is 20.1. The zero-order valence-corrected chi connectivity index (χ0v) is 54.6. The Labute approximate surface area is 537 Å². The molecule has 0 bridgehead atoms. The Balaban J connectivity index is 1.85. The first kappa shape index (κ1) is 83.0. The van der Waals surface area contributed by atoms with Crippen LogP contribution in [0.25, 0.3) is 43.1 Å². The third-order valence-corrected chi connectivity index (χ3v) is 30.1. The van der Waals surface area contributed by atoms with E-state index >= 15 is 52.7 Å². The highest BCUT2D eigenvalue weighted by molar-refractivity contribution is 6.90. The van der Waals surface area contributed by atoms with Gasteiger partial charge in [0.15, 0.2) is 0 Å². The Bertz CT molecular complexity index is 3600. The SMILES string of the molecule is Cc1cc2cc3c(C#C[Si](CCC(F)(F)C(F)(F)C(F)(F)C(F)(F)C(F)(F)C(F)(F)C(F)(F)C(F)(F)F)(C(C)C)C(C)C)c4cc5cc(C)c(C)cc5cc4c(C#C[Si](CCC(F)(F)C(F)(F)C(F)(F)C(F)(F)C(F)(F)C(F)(F)C(F)(F)C(F)(F)F)(C(C)C)C(C)C)c3cc2cc1C.